The number of phenolic OH excluding ortho intramolecular Hbond substituents is 1. The molecule has 4 rings (SSSR count). The number of aldehydes is 2. The van der Waals surface area contributed by atoms with Crippen molar-refractivity contribution in [3.8, 4) is 11.5 Å². The summed E-state index contributed by atoms with van der Waals surface area (Å²) < 4.78 is 64.4. The first-order valence-corrected chi connectivity index (χ1v) is 20.9. The number of aromatic hydroxyl groups is 1. The Balaban J connectivity index is 0.00000114. The monoisotopic (exact) mass is 1280 g/mol. The molecular formula is C40H43Ag2BrN2O27. The summed E-state index contributed by atoms with van der Waals surface area (Å²) in [4.78, 5) is 135. The third-order valence-corrected chi connectivity index (χ3v) is 9.28. The van der Waals surface area contributed by atoms with Gasteiger partial charge < -0.3 is 57.2 Å². The van der Waals surface area contributed by atoms with Crippen molar-refractivity contribution in [3.63, 3.8) is 0 Å². The van der Waals surface area contributed by atoms with E-state index >= 15 is 0 Å². The van der Waals surface area contributed by atoms with Crippen LogP contribution < -0.4 is 4.74 Å². The zero-order chi connectivity index (χ0) is 54.4. The Bertz CT molecular complexity index is 2320. The molecule has 0 spiro atoms. The molecule has 0 bridgehead atoms. The van der Waals surface area contributed by atoms with E-state index in [9.17, 15) is 68.2 Å². The summed E-state index contributed by atoms with van der Waals surface area (Å²) in [5, 5.41) is 29.7. The van der Waals surface area contributed by atoms with Gasteiger partial charge in [-0.25, -0.2) is 9.59 Å². The summed E-state index contributed by atoms with van der Waals surface area (Å²) in [7, 11) is 2.13. The molecule has 2 saturated heterocycles. The van der Waals surface area contributed by atoms with Gasteiger partial charge in [-0.15, -0.1) is 0 Å². The second kappa shape index (κ2) is 31.9. The quantitative estimate of drug-likeness (QED) is 0.0533. The molecule has 0 aliphatic carbocycles. The van der Waals surface area contributed by atoms with Gasteiger partial charge >= 0.3 is 83.4 Å². The Morgan fingerprint density at radius 2 is 0.931 bits per heavy atom. The van der Waals surface area contributed by atoms with E-state index in [2.05, 4.69) is 25.4 Å². The van der Waals surface area contributed by atoms with Crippen LogP contribution in [-0.4, -0.2) is 150 Å². The molecule has 0 unspecified atom stereocenters. The van der Waals surface area contributed by atoms with Crippen LogP contribution >= 0.6 is 15.9 Å². The number of alkyl halides is 1. The summed E-state index contributed by atoms with van der Waals surface area (Å²) in [6.45, 7) is 6.42. The Morgan fingerprint density at radius 1 is 0.583 bits per heavy atom. The molecule has 1 radical (unpaired) electrons. The number of carbonyl (C=O) groups is 10. The van der Waals surface area contributed by atoms with E-state index in [4.69, 9.17) is 51.0 Å². The van der Waals surface area contributed by atoms with E-state index in [1.165, 1.54) is 12.1 Å². The molecule has 2 aliphatic heterocycles. The second-order valence-corrected chi connectivity index (χ2v) is 14.6. The van der Waals surface area contributed by atoms with Crippen molar-refractivity contribution >= 4 is 87.6 Å². The van der Waals surface area contributed by atoms with E-state index in [1.807, 2.05) is 0 Å². The zero-order valence-electron chi connectivity index (χ0n) is 38.3. The molecular weight excluding hydrogens is 1240 g/mol. The number of esters is 8. The van der Waals surface area contributed by atoms with Gasteiger partial charge in [-0.3, -0.25) is 58.6 Å². The number of benzene rings is 2. The number of halogens is 1. The van der Waals surface area contributed by atoms with Crippen LogP contribution in [0.3, 0.4) is 0 Å². The zero-order valence-corrected chi connectivity index (χ0v) is 42.9. The normalized spacial score (nSPS) is 22.4. The van der Waals surface area contributed by atoms with Gasteiger partial charge in [-0.1, -0.05) is 15.9 Å². The molecule has 1 N–H and O–H groups in total. The van der Waals surface area contributed by atoms with E-state index in [0.717, 1.165) is 80.0 Å². The van der Waals surface area contributed by atoms with Crippen LogP contribution in [0.1, 0.15) is 62.3 Å². The molecule has 72 heavy (non-hydrogen) atoms. The predicted molar refractivity (Wildman–Crippen MR) is 224 cm³/mol. The summed E-state index contributed by atoms with van der Waals surface area (Å²) >= 11 is 4.81. The average molecular weight is 1280 g/mol. The van der Waals surface area contributed by atoms with Crippen LogP contribution in [0.2, 0.25) is 0 Å². The van der Waals surface area contributed by atoms with Crippen LogP contribution in [0.5, 0.6) is 11.5 Å². The first kappa shape index (κ1) is 65.6. The topological polar surface area (TPSA) is 396 Å². The minimum atomic E-state index is -1.77. The summed E-state index contributed by atoms with van der Waals surface area (Å²) in [6.07, 6.45) is -12.6. The van der Waals surface area contributed by atoms with Crippen LogP contribution in [0.4, 0.5) is 11.4 Å². The number of rotatable bonds is 14. The van der Waals surface area contributed by atoms with Crippen molar-refractivity contribution < 1.29 is 162 Å². The van der Waals surface area contributed by atoms with Crippen LogP contribution in [-0.2, 0) is 132 Å². The summed E-state index contributed by atoms with van der Waals surface area (Å²) in [5.41, 5.74) is -0.963. The van der Waals surface area contributed by atoms with E-state index in [1.54, 1.807) is 21.0 Å². The fourth-order valence-electron chi connectivity index (χ4n) is 5.98. The van der Waals surface area contributed by atoms with Crippen molar-refractivity contribution in [1.29, 1.82) is 0 Å². The molecule has 0 saturated carbocycles. The van der Waals surface area contributed by atoms with Crippen molar-refractivity contribution in [2.45, 2.75) is 102 Å². The van der Waals surface area contributed by atoms with Gasteiger partial charge in [0.05, 0.1) is 24.1 Å². The van der Waals surface area contributed by atoms with Crippen molar-refractivity contribution in [1.82, 2.24) is 0 Å². The van der Waals surface area contributed by atoms with Gasteiger partial charge in [-0.2, -0.15) is 0 Å². The third-order valence-electron chi connectivity index (χ3n) is 8.55. The summed E-state index contributed by atoms with van der Waals surface area (Å²) in [6, 6.07) is 6.65. The van der Waals surface area contributed by atoms with Crippen LogP contribution in [0.15, 0.2) is 36.4 Å². The fraction of sp³-hybridized carbons (Fsp3) is 0.450. The second-order valence-electron chi connectivity index (χ2n) is 13.7. The summed E-state index contributed by atoms with van der Waals surface area (Å²) in [5.74, 6) is -7.57. The van der Waals surface area contributed by atoms with Gasteiger partial charge in [0, 0.05) is 87.2 Å². The van der Waals surface area contributed by atoms with Crippen molar-refractivity contribution in [2.24, 2.45) is 0 Å². The Labute approximate surface area is 442 Å². The van der Waals surface area contributed by atoms with Gasteiger partial charge in [-0.05, 0) is 24.3 Å². The molecule has 2 fully saturated rings. The number of methoxy groups -OCH3 is 2. The number of carbonyl (C=O) groups excluding carboxylic acids is 10. The molecule has 2 aromatic rings. The minimum absolute atomic E-state index is 0. The van der Waals surface area contributed by atoms with E-state index in [0.29, 0.717) is 12.6 Å². The van der Waals surface area contributed by atoms with Crippen LogP contribution in [0, 0.1) is 20.2 Å². The maximum atomic E-state index is 12.4. The molecule has 0 aromatic heterocycles. The molecule has 0 amide bonds. The van der Waals surface area contributed by atoms with Gasteiger partial charge in [0.1, 0.15) is 12.6 Å². The number of phenols is 1. The molecule has 2 aliphatic rings. The number of nitro benzene ring substituents is 2. The van der Waals surface area contributed by atoms with Gasteiger partial charge in [0.15, 0.2) is 59.2 Å². The number of hydrogen-bond donors (Lipinski definition) is 1. The molecule has 2 heterocycles. The van der Waals surface area contributed by atoms with Crippen LogP contribution in [0.25, 0.3) is 0 Å². The predicted octanol–water partition coefficient (Wildman–Crippen LogP) is 1.54. The fourth-order valence-corrected chi connectivity index (χ4v) is 6.62. The van der Waals surface area contributed by atoms with Crippen molar-refractivity contribution in [2.75, 3.05) is 14.2 Å². The Morgan fingerprint density at radius 3 is 1.32 bits per heavy atom. The van der Waals surface area contributed by atoms with E-state index in [-0.39, 0.29) is 33.5 Å². The Hall–Kier alpha value is -6.38. The van der Waals surface area contributed by atoms with Crippen molar-refractivity contribution in [3.05, 3.63) is 67.8 Å². The Kier molecular flexibility index (Phi) is 29.0. The van der Waals surface area contributed by atoms with Gasteiger partial charge in [0.25, 0.3) is 0 Å². The number of hydrogen-bond acceptors (Lipinski definition) is 27. The molecule has 32 heteroatoms. The molecule has 29 nitrogen and oxygen atoms in total. The first-order chi connectivity index (χ1) is 33.3. The number of ether oxygens (including phenoxy) is 11. The molecule has 2 aromatic carbocycles. The number of nitrogens with zero attached hydrogens (tertiary/aromatic N) is 2. The average Bonchev–Trinajstić information content (AvgIpc) is 3.30. The third kappa shape index (κ3) is 20.0. The maximum absolute atomic E-state index is 12.4. The first-order valence-electron chi connectivity index (χ1n) is 19.4. The number of nitro groups is 2. The van der Waals surface area contributed by atoms with Gasteiger partial charge in [0.2, 0.25) is 12.4 Å². The molecule has 404 valence electrons. The SMILES string of the molecule is COC(=O)[C@H]1O[C@@H](Br)[C@H](OC(C)=O)[C@@H](OC(C)=O)[C@@H]1OC(C)=O.COC(=O)[C@H]1O[C@@H](Oc2ccc(C=O)cc2[N+](=O)[O-])[C@H](OC(C)=O)[C@@H](OC(C)=O)[C@@H]1OC(C)=O.O=Cc1ccc(O)c([N+](=O)[O-])c1.[Ag].[O]=[Ag]. The van der Waals surface area contributed by atoms with E-state index < -0.39 is 141 Å². The standard InChI is InChI=1S/C20H21NO13.C13H17BrO9.C7H5NO4.2Ag.O/c1-9(23)30-15-16(31-10(2)24)18(32-11(3)25)20(34-17(15)19(26)29-4)33-14-6-5-12(8-22)7-13(14)21(27)28;1-5(15)20-8-9(21-6(2)16)11(13(18)19-4)23-12(14)10(8)22-7(3)17;9-4-5-1-2-7(10)6(3-5)8(11)12;;;/h5-8,15-18,20H,1-4H3;8-12H,1-4H3;1-4,10H;;;/t15-,16-,17-,18+,20+;8-,9-,10+,11-,12+;;;;/m00..../s1. The molecule has 10 atom stereocenters.